The third-order valence-corrected chi connectivity index (χ3v) is 2.60. The van der Waals surface area contributed by atoms with E-state index >= 15 is 0 Å². The zero-order valence-electron chi connectivity index (χ0n) is 7.77. The Morgan fingerprint density at radius 2 is 2.43 bits per heavy atom. The smallest absolute Gasteiger partial charge is 0.324 e. The summed E-state index contributed by atoms with van der Waals surface area (Å²) in [6.45, 7) is 2.74. The van der Waals surface area contributed by atoms with Gasteiger partial charge in [0.2, 0.25) is 0 Å². The van der Waals surface area contributed by atoms with Gasteiger partial charge in [-0.15, -0.1) is 0 Å². The molecule has 0 aliphatic heterocycles. The van der Waals surface area contributed by atoms with Gasteiger partial charge in [-0.3, -0.25) is 10.1 Å². The van der Waals surface area contributed by atoms with Crippen LogP contribution in [-0.2, 0) is 6.54 Å². The van der Waals surface area contributed by atoms with Gasteiger partial charge in [-0.25, -0.2) is 0 Å². The molecule has 2 N–H and O–H groups in total. The summed E-state index contributed by atoms with van der Waals surface area (Å²) in [5.74, 6) is 0. The Hall–Kier alpha value is -0.980. The molecule has 1 aromatic heterocycles. The van der Waals surface area contributed by atoms with Gasteiger partial charge in [0.1, 0.15) is 0 Å². The summed E-state index contributed by atoms with van der Waals surface area (Å²) in [5, 5.41) is 22.5. The first-order valence-electron chi connectivity index (χ1n) is 4.21. The molecule has 0 unspecified atom stereocenters. The lowest BCUT2D eigenvalue weighted by molar-refractivity contribution is -0.380. The van der Waals surface area contributed by atoms with Gasteiger partial charge in [0.25, 0.3) is 0 Å². The number of aliphatic hydroxyl groups is 1. The van der Waals surface area contributed by atoms with E-state index in [2.05, 4.69) is 5.32 Å². The maximum absolute atomic E-state index is 10.4. The van der Waals surface area contributed by atoms with E-state index in [0.29, 0.717) is 13.1 Å². The molecule has 0 aliphatic rings. The van der Waals surface area contributed by atoms with Crippen molar-refractivity contribution in [2.24, 2.45) is 0 Å². The largest absolute Gasteiger partial charge is 0.392 e. The molecular weight excluding hydrogens is 204 g/mol. The second-order valence-electron chi connectivity index (χ2n) is 2.98. The van der Waals surface area contributed by atoms with Gasteiger partial charge < -0.3 is 10.4 Å². The number of rotatable bonds is 5. The molecule has 0 fully saturated rings. The molecule has 1 atom stereocenters. The third kappa shape index (κ3) is 3.41. The van der Waals surface area contributed by atoms with Crippen LogP contribution in [0.2, 0.25) is 0 Å². The maximum Gasteiger partial charge on any atom is 0.324 e. The molecule has 0 spiro atoms. The van der Waals surface area contributed by atoms with Crippen molar-refractivity contribution in [3.05, 3.63) is 27.1 Å². The Morgan fingerprint density at radius 1 is 1.71 bits per heavy atom. The standard InChI is InChI=1S/C8H12N2O3S/c1-6(11)4-9-5-7-2-3-8(14-7)10(12)13/h2-3,6,9,11H,4-5H2,1H3/t6-/m0/s1. The molecule has 5 nitrogen and oxygen atoms in total. The maximum atomic E-state index is 10.4. The normalized spacial score (nSPS) is 12.7. The summed E-state index contributed by atoms with van der Waals surface area (Å²) in [6.07, 6.45) is -0.398. The topological polar surface area (TPSA) is 75.4 Å². The highest BCUT2D eigenvalue weighted by atomic mass is 32.1. The van der Waals surface area contributed by atoms with Crippen LogP contribution < -0.4 is 5.32 Å². The first-order chi connectivity index (χ1) is 6.59. The Kier molecular flexibility index (Phi) is 3.99. The van der Waals surface area contributed by atoms with Crippen molar-refractivity contribution in [2.45, 2.75) is 19.6 Å². The highest BCUT2D eigenvalue weighted by molar-refractivity contribution is 7.15. The third-order valence-electron chi connectivity index (χ3n) is 1.57. The molecule has 78 valence electrons. The predicted octanol–water partition coefficient (Wildman–Crippen LogP) is 1.13. The van der Waals surface area contributed by atoms with Crippen LogP contribution in [0.5, 0.6) is 0 Å². The van der Waals surface area contributed by atoms with Crippen molar-refractivity contribution < 1.29 is 10.0 Å². The van der Waals surface area contributed by atoms with E-state index in [1.807, 2.05) is 0 Å². The van der Waals surface area contributed by atoms with E-state index < -0.39 is 11.0 Å². The van der Waals surface area contributed by atoms with Crippen molar-refractivity contribution in [3.8, 4) is 0 Å². The Morgan fingerprint density at radius 3 is 2.93 bits per heavy atom. The summed E-state index contributed by atoms with van der Waals surface area (Å²) < 4.78 is 0. The van der Waals surface area contributed by atoms with Crippen LogP contribution in [0.4, 0.5) is 5.00 Å². The number of hydrogen-bond acceptors (Lipinski definition) is 5. The van der Waals surface area contributed by atoms with Crippen molar-refractivity contribution in [2.75, 3.05) is 6.54 Å². The van der Waals surface area contributed by atoms with Crippen LogP contribution >= 0.6 is 11.3 Å². The van der Waals surface area contributed by atoms with Gasteiger partial charge in [0.15, 0.2) is 0 Å². The van der Waals surface area contributed by atoms with Gasteiger partial charge in [0.05, 0.1) is 11.0 Å². The van der Waals surface area contributed by atoms with Gasteiger partial charge in [-0.2, -0.15) is 0 Å². The first kappa shape index (κ1) is 11.1. The average Bonchev–Trinajstić information content (AvgIpc) is 2.52. The van der Waals surface area contributed by atoms with E-state index in [0.717, 1.165) is 16.2 Å². The minimum absolute atomic E-state index is 0.152. The van der Waals surface area contributed by atoms with Crippen LogP contribution in [-0.4, -0.2) is 22.7 Å². The zero-order chi connectivity index (χ0) is 10.6. The number of hydrogen-bond donors (Lipinski definition) is 2. The van der Waals surface area contributed by atoms with E-state index in [1.165, 1.54) is 6.07 Å². The van der Waals surface area contributed by atoms with E-state index in [1.54, 1.807) is 13.0 Å². The lowest BCUT2D eigenvalue weighted by atomic mass is 10.4. The summed E-state index contributed by atoms with van der Waals surface area (Å²) in [6, 6.07) is 3.21. The molecule has 0 aromatic carbocycles. The number of nitrogens with zero attached hydrogens (tertiary/aromatic N) is 1. The fourth-order valence-electron chi connectivity index (χ4n) is 0.964. The monoisotopic (exact) mass is 216 g/mol. The highest BCUT2D eigenvalue weighted by Gasteiger charge is 2.08. The SMILES string of the molecule is C[C@H](O)CNCc1ccc([N+](=O)[O-])s1. The van der Waals surface area contributed by atoms with Crippen molar-refractivity contribution in [1.29, 1.82) is 0 Å². The molecule has 6 heteroatoms. The lowest BCUT2D eigenvalue weighted by Gasteiger charge is -2.04. The van der Waals surface area contributed by atoms with Crippen LogP contribution in [0.25, 0.3) is 0 Å². The van der Waals surface area contributed by atoms with Gasteiger partial charge >= 0.3 is 5.00 Å². The van der Waals surface area contributed by atoms with Crippen LogP contribution in [0, 0.1) is 10.1 Å². The van der Waals surface area contributed by atoms with E-state index in [4.69, 9.17) is 5.11 Å². The molecular formula is C8H12N2O3S. The van der Waals surface area contributed by atoms with E-state index in [9.17, 15) is 10.1 Å². The van der Waals surface area contributed by atoms with Gasteiger partial charge in [0, 0.05) is 24.0 Å². The molecule has 0 saturated heterocycles. The molecule has 1 rings (SSSR count). The molecule has 14 heavy (non-hydrogen) atoms. The second kappa shape index (κ2) is 5.04. The molecule has 0 radical (unpaired) electrons. The zero-order valence-corrected chi connectivity index (χ0v) is 8.58. The second-order valence-corrected chi connectivity index (χ2v) is 4.12. The molecule has 1 heterocycles. The summed E-state index contributed by atoms with van der Waals surface area (Å²) in [4.78, 5) is 10.9. The highest BCUT2D eigenvalue weighted by Crippen LogP contribution is 2.23. The molecule has 0 aliphatic carbocycles. The van der Waals surface area contributed by atoms with E-state index in [-0.39, 0.29) is 5.00 Å². The summed E-state index contributed by atoms with van der Waals surface area (Å²) >= 11 is 1.15. The van der Waals surface area contributed by atoms with Crippen molar-refractivity contribution >= 4 is 16.3 Å². The van der Waals surface area contributed by atoms with Gasteiger partial charge in [-0.05, 0) is 13.0 Å². The number of nitro groups is 1. The Bertz CT molecular complexity index is 311. The number of nitrogens with one attached hydrogen (secondary N) is 1. The van der Waals surface area contributed by atoms with Crippen LogP contribution in [0.1, 0.15) is 11.8 Å². The predicted molar refractivity (Wildman–Crippen MR) is 54.4 cm³/mol. The Labute approximate surface area is 85.5 Å². The minimum atomic E-state index is -0.400. The van der Waals surface area contributed by atoms with Crippen LogP contribution in [0.3, 0.4) is 0 Å². The lowest BCUT2D eigenvalue weighted by Crippen LogP contribution is -2.23. The average molecular weight is 216 g/mol. The van der Waals surface area contributed by atoms with Crippen molar-refractivity contribution in [3.63, 3.8) is 0 Å². The number of aliphatic hydroxyl groups excluding tert-OH is 1. The fourth-order valence-corrected chi connectivity index (χ4v) is 1.75. The summed E-state index contributed by atoms with van der Waals surface area (Å²) in [5.41, 5.74) is 0. The molecule has 0 bridgehead atoms. The van der Waals surface area contributed by atoms with Gasteiger partial charge in [-0.1, -0.05) is 11.3 Å². The van der Waals surface area contributed by atoms with Crippen LogP contribution in [0.15, 0.2) is 12.1 Å². The fraction of sp³-hybridized carbons (Fsp3) is 0.500. The molecule has 0 amide bonds. The molecule has 0 saturated carbocycles. The first-order valence-corrected chi connectivity index (χ1v) is 5.03. The number of thiophene rings is 1. The summed E-state index contributed by atoms with van der Waals surface area (Å²) in [7, 11) is 0. The minimum Gasteiger partial charge on any atom is -0.392 e. The quantitative estimate of drug-likeness (QED) is 0.571. The Balaban J connectivity index is 2.40. The molecule has 1 aromatic rings. The van der Waals surface area contributed by atoms with Crippen molar-refractivity contribution in [1.82, 2.24) is 5.32 Å².